The highest BCUT2D eigenvalue weighted by molar-refractivity contribution is 7.89. The molecule has 23 heavy (non-hydrogen) atoms. The van der Waals surface area contributed by atoms with Gasteiger partial charge in [-0.1, -0.05) is 24.6 Å². The molecule has 0 saturated heterocycles. The maximum atomic E-state index is 12.3. The third-order valence-corrected chi connectivity index (χ3v) is 6.57. The van der Waals surface area contributed by atoms with E-state index >= 15 is 0 Å². The van der Waals surface area contributed by atoms with Crippen LogP contribution in [0.5, 0.6) is 0 Å². The summed E-state index contributed by atoms with van der Waals surface area (Å²) < 4.78 is 25.8. The summed E-state index contributed by atoms with van der Waals surface area (Å²) in [7, 11) is -2.01. The minimum absolute atomic E-state index is 0.151. The molecule has 1 aromatic carbocycles. The molecule has 1 heterocycles. The highest BCUT2D eigenvalue weighted by atomic mass is 32.2. The number of benzene rings is 1. The van der Waals surface area contributed by atoms with Crippen molar-refractivity contribution in [3.05, 3.63) is 45.6 Å². The van der Waals surface area contributed by atoms with Gasteiger partial charge in [-0.3, -0.25) is 4.79 Å². The van der Waals surface area contributed by atoms with E-state index in [1.807, 2.05) is 32.0 Å². The van der Waals surface area contributed by atoms with Crippen LogP contribution in [0.1, 0.15) is 27.7 Å². The zero-order chi connectivity index (χ0) is 17.2. The van der Waals surface area contributed by atoms with Gasteiger partial charge in [0, 0.05) is 24.7 Å². The quantitative estimate of drug-likeness (QED) is 0.898. The molecular weight excluding hydrogens is 332 g/mol. The first-order valence-electron chi connectivity index (χ1n) is 7.19. The van der Waals surface area contributed by atoms with Crippen molar-refractivity contribution < 1.29 is 13.2 Å². The van der Waals surface area contributed by atoms with Gasteiger partial charge >= 0.3 is 0 Å². The molecule has 0 bridgehead atoms. The van der Waals surface area contributed by atoms with Gasteiger partial charge in [-0.05, 0) is 31.5 Å². The molecule has 2 aromatic rings. The molecule has 0 saturated carbocycles. The number of hydrogen-bond donors (Lipinski definition) is 1. The van der Waals surface area contributed by atoms with Crippen LogP contribution in [0, 0.1) is 13.8 Å². The molecule has 0 spiro atoms. The second-order valence-corrected chi connectivity index (χ2v) is 8.29. The Bertz CT molecular complexity index is 826. The first kappa shape index (κ1) is 17.7. The molecule has 0 atom stereocenters. The van der Waals surface area contributed by atoms with Crippen LogP contribution in [0.4, 0.5) is 5.69 Å². The molecule has 1 aromatic heterocycles. The van der Waals surface area contributed by atoms with Crippen LogP contribution in [0.2, 0.25) is 0 Å². The third kappa shape index (κ3) is 3.80. The fraction of sp³-hybridized carbons (Fsp3) is 0.312. The number of carbonyl (C=O) groups excluding carboxylic acids is 1. The van der Waals surface area contributed by atoms with Gasteiger partial charge in [0.25, 0.3) is 5.91 Å². The first-order chi connectivity index (χ1) is 10.8. The predicted octanol–water partition coefficient (Wildman–Crippen LogP) is 3.26. The van der Waals surface area contributed by atoms with E-state index in [9.17, 15) is 13.2 Å². The first-order valence-corrected chi connectivity index (χ1v) is 9.51. The summed E-state index contributed by atoms with van der Waals surface area (Å²) in [4.78, 5) is 12.8. The summed E-state index contributed by atoms with van der Waals surface area (Å²) in [5.74, 6) is -0.303. The van der Waals surface area contributed by atoms with E-state index in [1.54, 1.807) is 6.92 Å². The molecule has 0 aliphatic heterocycles. The molecule has 124 valence electrons. The van der Waals surface area contributed by atoms with Crippen molar-refractivity contribution in [2.75, 3.05) is 18.9 Å². The molecule has 0 aliphatic carbocycles. The van der Waals surface area contributed by atoms with Crippen molar-refractivity contribution >= 4 is 33.0 Å². The van der Waals surface area contributed by atoms with Gasteiger partial charge in [0.05, 0.1) is 9.77 Å². The van der Waals surface area contributed by atoms with Crippen LogP contribution >= 0.6 is 11.3 Å². The summed E-state index contributed by atoms with van der Waals surface area (Å²) in [5, 5.41) is 4.32. The van der Waals surface area contributed by atoms with Gasteiger partial charge in [-0.15, -0.1) is 11.3 Å². The van der Waals surface area contributed by atoms with E-state index in [4.69, 9.17) is 0 Å². The summed E-state index contributed by atoms with van der Waals surface area (Å²) in [6, 6.07) is 7.17. The number of aryl methyl sites for hydroxylation is 2. The molecule has 0 radical (unpaired) electrons. The molecule has 1 N–H and O–H groups in total. The SMILES string of the molecule is CCN(C)S(=O)(=O)c1csc(C(=O)Nc2ccc(C)cc2C)c1. The maximum Gasteiger partial charge on any atom is 0.265 e. The van der Waals surface area contributed by atoms with E-state index < -0.39 is 10.0 Å². The number of carbonyl (C=O) groups is 1. The Hall–Kier alpha value is -1.70. The van der Waals surface area contributed by atoms with Crippen molar-refractivity contribution in [2.24, 2.45) is 0 Å². The van der Waals surface area contributed by atoms with E-state index in [0.717, 1.165) is 28.2 Å². The van der Waals surface area contributed by atoms with E-state index in [2.05, 4.69) is 5.32 Å². The smallest absolute Gasteiger partial charge is 0.265 e. The normalized spacial score (nSPS) is 11.7. The lowest BCUT2D eigenvalue weighted by Crippen LogP contribution is -2.26. The molecule has 0 unspecified atom stereocenters. The summed E-state index contributed by atoms with van der Waals surface area (Å²) in [6.45, 7) is 6.04. The van der Waals surface area contributed by atoms with Crippen LogP contribution in [0.15, 0.2) is 34.5 Å². The predicted molar refractivity (Wildman–Crippen MR) is 93.7 cm³/mol. The molecule has 5 nitrogen and oxygen atoms in total. The van der Waals surface area contributed by atoms with Gasteiger partial charge in [-0.25, -0.2) is 12.7 Å². The standard InChI is InChI=1S/C16H20N2O3S2/c1-5-18(4)23(20,21)13-9-15(22-10-13)16(19)17-14-7-6-11(2)8-12(14)3/h6-10H,5H2,1-4H3,(H,17,19). The third-order valence-electron chi connectivity index (χ3n) is 3.58. The van der Waals surface area contributed by atoms with Gasteiger partial charge in [0.2, 0.25) is 10.0 Å². The molecular formula is C16H20N2O3S2. The number of anilines is 1. The van der Waals surface area contributed by atoms with E-state index in [0.29, 0.717) is 11.4 Å². The van der Waals surface area contributed by atoms with Crippen LogP contribution < -0.4 is 5.32 Å². The number of nitrogens with one attached hydrogen (secondary N) is 1. The Morgan fingerprint density at radius 3 is 2.57 bits per heavy atom. The lowest BCUT2D eigenvalue weighted by Gasteiger charge is -2.13. The number of thiophene rings is 1. The monoisotopic (exact) mass is 352 g/mol. The van der Waals surface area contributed by atoms with E-state index in [1.165, 1.54) is 22.8 Å². The minimum atomic E-state index is -3.52. The van der Waals surface area contributed by atoms with Gasteiger partial charge in [0.15, 0.2) is 0 Å². The minimum Gasteiger partial charge on any atom is -0.321 e. The number of rotatable bonds is 5. The lowest BCUT2D eigenvalue weighted by molar-refractivity contribution is 0.103. The Morgan fingerprint density at radius 1 is 1.26 bits per heavy atom. The van der Waals surface area contributed by atoms with Crippen LogP contribution in [0.25, 0.3) is 0 Å². The molecule has 1 amide bonds. The van der Waals surface area contributed by atoms with Crippen molar-refractivity contribution in [2.45, 2.75) is 25.7 Å². The van der Waals surface area contributed by atoms with Crippen LogP contribution in [-0.2, 0) is 10.0 Å². The molecule has 0 fully saturated rings. The average Bonchev–Trinajstić information content (AvgIpc) is 2.99. The highest BCUT2D eigenvalue weighted by Gasteiger charge is 2.22. The summed E-state index contributed by atoms with van der Waals surface area (Å²) in [5.41, 5.74) is 2.81. The number of sulfonamides is 1. The molecule has 0 aliphatic rings. The Labute approximate surface area is 141 Å². The highest BCUT2D eigenvalue weighted by Crippen LogP contribution is 2.24. The van der Waals surface area contributed by atoms with Crippen LogP contribution in [0.3, 0.4) is 0 Å². The lowest BCUT2D eigenvalue weighted by atomic mass is 10.1. The number of amides is 1. The van der Waals surface area contributed by atoms with Crippen molar-refractivity contribution in [1.82, 2.24) is 4.31 Å². The van der Waals surface area contributed by atoms with Gasteiger partial charge < -0.3 is 5.32 Å². The van der Waals surface area contributed by atoms with E-state index in [-0.39, 0.29) is 10.8 Å². The second kappa shape index (κ2) is 6.82. The molecule has 7 heteroatoms. The zero-order valence-electron chi connectivity index (χ0n) is 13.6. The zero-order valence-corrected chi connectivity index (χ0v) is 15.2. The van der Waals surface area contributed by atoms with Gasteiger partial charge in [-0.2, -0.15) is 0 Å². The topological polar surface area (TPSA) is 66.5 Å². The Balaban J connectivity index is 2.22. The summed E-state index contributed by atoms with van der Waals surface area (Å²) in [6.07, 6.45) is 0. The van der Waals surface area contributed by atoms with Crippen molar-refractivity contribution in [1.29, 1.82) is 0 Å². The molecule has 2 rings (SSSR count). The fourth-order valence-electron chi connectivity index (χ4n) is 2.06. The average molecular weight is 352 g/mol. The summed E-state index contributed by atoms with van der Waals surface area (Å²) >= 11 is 1.12. The second-order valence-electron chi connectivity index (χ2n) is 5.34. The largest absolute Gasteiger partial charge is 0.321 e. The Kier molecular flexibility index (Phi) is 5.23. The Morgan fingerprint density at radius 2 is 1.96 bits per heavy atom. The van der Waals surface area contributed by atoms with Gasteiger partial charge in [0.1, 0.15) is 0 Å². The van der Waals surface area contributed by atoms with Crippen LogP contribution in [-0.4, -0.2) is 32.2 Å². The number of nitrogens with zero attached hydrogens (tertiary/aromatic N) is 1. The maximum absolute atomic E-state index is 12.3. The van der Waals surface area contributed by atoms with Crippen molar-refractivity contribution in [3.8, 4) is 0 Å². The van der Waals surface area contributed by atoms with Crippen molar-refractivity contribution in [3.63, 3.8) is 0 Å². The fourth-order valence-corrected chi connectivity index (χ4v) is 4.40. The number of hydrogen-bond acceptors (Lipinski definition) is 4.